The third-order valence-electron chi connectivity index (χ3n) is 4.65. The fourth-order valence-electron chi connectivity index (χ4n) is 3.34. The second-order valence-corrected chi connectivity index (χ2v) is 6.36. The van der Waals surface area contributed by atoms with E-state index in [1.807, 2.05) is 48.3 Å². The minimum absolute atomic E-state index is 0.0373. The van der Waals surface area contributed by atoms with Crippen LogP contribution in [0.5, 0.6) is 11.6 Å². The number of ether oxygens (including phenoxy) is 1. The largest absolute Gasteiger partial charge is 0.438 e. The molecule has 1 atom stereocenters. The first-order valence-electron chi connectivity index (χ1n) is 8.72. The van der Waals surface area contributed by atoms with Gasteiger partial charge in [-0.15, -0.1) is 0 Å². The van der Waals surface area contributed by atoms with E-state index in [9.17, 15) is 4.79 Å². The summed E-state index contributed by atoms with van der Waals surface area (Å²) in [7, 11) is 1.94. The van der Waals surface area contributed by atoms with Gasteiger partial charge < -0.3 is 10.1 Å². The molecule has 0 radical (unpaired) electrons. The molecular formula is C20H20N4O2. The van der Waals surface area contributed by atoms with Gasteiger partial charge in [0, 0.05) is 24.5 Å². The Balaban J connectivity index is 1.56. The number of carbonyl (C=O) groups excluding carboxylic acids is 1. The second kappa shape index (κ2) is 7.00. The van der Waals surface area contributed by atoms with Crippen molar-refractivity contribution < 1.29 is 9.53 Å². The Morgan fingerprint density at radius 2 is 2.08 bits per heavy atom. The summed E-state index contributed by atoms with van der Waals surface area (Å²) in [6.07, 6.45) is 6.39. The molecule has 1 aliphatic rings. The normalized spacial score (nSPS) is 16.0. The van der Waals surface area contributed by atoms with E-state index in [1.165, 1.54) is 5.69 Å². The highest BCUT2D eigenvalue weighted by molar-refractivity contribution is 5.96. The maximum atomic E-state index is 12.9. The lowest BCUT2D eigenvalue weighted by atomic mass is 9.93. The van der Waals surface area contributed by atoms with Crippen LogP contribution in [0, 0.1) is 0 Å². The van der Waals surface area contributed by atoms with Crippen molar-refractivity contribution in [3.8, 4) is 11.6 Å². The molecule has 3 aromatic rings. The molecule has 1 aromatic carbocycles. The molecule has 2 heterocycles. The van der Waals surface area contributed by atoms with E-state index in [1.54, 1.807) is 18.3 Å². The van der Waals surface area contributed by atoms with E-state index in [0.29, 0.717) is 17.2 Å². The molecular weight excluding hydrogens is 328 g/mol. The highest BCUT2D eigenvalue weighted by Crippen LogP contribution is 2.30. The van der Waals surface area contributed by atoms with Crippen LogP contribution in [0.2, 0.25) is 0 Å². The van der Waals surface area contributed by atoms with Gasteiger partial charge in [-0.3, -0.25) is 9.48 Å². The number of nitrogens with one attached hydrogen (secondary N) is 1. The number of hydrogen-bond donors (Lipinski definition) is 1. The number of hydrogen-bond acceptors (Lipinski definition) is 4. The van der Waals surface area contributed by atoms with Crippen molar-refractivity contribution in [1.29, 1.82) is 0 Å². The molecule has 6 heteroatoms. The second-order valence-electron chi connectivity index (χ2n) is 6.36. The molecule has 0 saturated heterocycles. The number of rotatable bonds is 4. The molecule has 1 N–H and O–H groups in total. The molecule has 0 bridgehead atoms. The number of fused-ring (bicyclic) bond motifs is 1. The molecule has 6 nitrogen and oxygen atoms in total. The molecule has 1 aliphatic carbocycles. The van der Waals surface area contributed by atoms with Gasteiger partial charge >= 0.3 is 0 Å². The zero-order valence-corrected chi connectivity index (χ0v) is 14.6. The number of aryl methyl sites for hydroxylation is 1. The fraction of sp³-hybridized carbons (Fsp3) is 0.250. The van der Waals surface area contributed by atoms with Gasteiger partial charge in [0.05, 0.1) is 12.2 Å². The Labute approximate surface area is 151 Å². The number of para-hydroxylation sites is 1. The SMILES string of the molecule is Cn1ncc2c1CCC[C@@H]2NC(=O)c1cccnc1Oc1ccccc1. The topological polar surface area (TPSA) is 69.0 Å². The van der Waals surface area contributed by atoms with Gasteiger partial charge in [0.15, 0.2) is 0 Å². The lowest BCUT2D eigenvalue weighted by molar-refractivity contribution is 0.0929. The van der Waals surface area contributed by atoms with Crippen molar-refractivity contribution >= 4 is 5.91 Å². The Bertz CT molecular complexity index is 921. The first-order chi connectivity index (χ1) is 12.7. The molecule has 4 rings (SSSR count). The van der Waals surface area contributed by atoms with E-state index in [0.717, 1.165) is 24.8 Å². The molecule has 0 saturated carbocycles. The van der Waals surface area contributed by atoms with Crippen LogP contribution >= 0.6 is 0 Å². The molecule has 0 spiro atoms. The van der Waals surface area contributed by atoms with Gasteiger partial charge in [-0.1, -0.05) is 18.2 Å². The van der Waals surface area contributed by atoms with Gasteiger partial charge in [-0.2, -0.15) is 5.10 Å². The first-order valence-corrected chi connectivity index (χ1v) is 8.72. The van der Waals surface area contributed by atoms with Gasteiger partial charge in [0.25, 0.3) is 5.91 Å². The van der Waals surface area contributed by atoms with Crippen LogP contribution in [0.15, 0.2) is 54.9 Å². The zero-order valence-electron chi connectivity index (χ0n) is 14.6. The Kier molecular flexibility index (Phi) is 4.39. The minimum Gasteiger partial charge on any atom is -0.438 e. The lowest BCUT2D eigenvalue weighted by Crippen LogP contribution is -2.31. The molecule has 0 aliphatic heterocycles. The summed E-state index contributed by atoms with van der Waals surface area (Å²) in [5.41, 5.74) is 2.71. The Morgan fingerprint density at radius 3 is 2.92 bits per heavy atom. The van der Waals surface area contributed by atoms with E-state index in [-0.39, 0.29) is 11.9 Å². The maximum Gasteiger partial charge on any atom is 0.257 e. The standard InChI is InChI=1S/C20H20N4O2/c1-24-18-11-5-10-17(16(18)13-22-24)23-19(25)15-9-6-12-21-20(15)26-14-7-3-2-4-8-14/h2-4,6-9,12-13,17H,5,10-11H2,1H3,(H,23,25)/t17-/m0/s1. The minimum atomic E-state index is -0.189. The first kappa shape index (κ1) is 16.3. The van der Waals surface area contributed by atoms with Crippen molar-refractivity contribution in [3.63, 3.8) is 0 Å². The third-order valence-corrected chi connectivity index (χ3v) is 4.65. The van der Waals surface area contributed by atoms with Crippen LogP contribution in [-0.2, 0) is 13.5 Å². The van der Waals surface area contributed by atoms with E-state index in [4.69, 9.17) is 4.74 Å². The van der Waals surface area contributed by atoms with Crippen molar-refractivity contribution in [2.75, 3.05) is 0 Å². The molecule has 2 aromatic heterocycles. The number of amides is 1. The van der Waals surface area contributed by atoms with Gasteiger partial charge in [0.2, 0.25) is 5.88 Å². The monoisotopic (exact) mass is 348 g/mol. The van der Waals surface area contributed by atoms with Crippen LogP contribution in [0.25, 0.3) is 0 Å². The quantitative estimate of drug-likeness (QED) is 0.784. The van der Waals surface area contributed by atoms with E-state index < -0.39 is 0 Å². The van der Waals surface area contributed by atoms with Crippen LogP contribution in [0.3, 0.4) is 0 Å². The lowest BCUT2D eigenvalue weighted by Gasteiger charge is -2.24. The molecule has 26 heavy (non-hydrogen) atoms. The van der Waals surface area contributed by atoms with Crippen molar-refractivity contribution in [1.82, 2.24) is 20.1 Å². The van der Waals surface area contributed by atoms with Crippen molar-refractivity contribution in [3.05, 3.63) is 71.7 Å². The average Bonchev–Trinajstić information content (AvgIpc) is 3.05. The summed E-state index contributed by atoms with van der Waals surface area (Å²) in [4.78, 5) is 17.1. The Hall–Kier alpha value is -3.15. The highest BCUT2D eigenvalue weighted by Gasteiger charge is 2.26. The van der Waals surface area contributed by atoms with Crippen LogP contribution < -0.4 is 10.1 Å². The van der Waals surface area contributed by atoms with E-state index in [2.05, 4.69) is 15.4 Å². The van der Waals surface area contributed by atoms with Gasteiger partial charge in [-0.25, -0.2) is 4.98 Å². The smallest absolute Gasteiger partial charge is 0.257 e. The van der Waals surface area contributed by atoms with Crippen LogP contribution in [0.1, 0.15) is 40.5 Å². The summed E-state index contributed by atoms with van der Waals surface area (Å²) in [6.45, 7) is 0. The highest BCUT2D eigenvalue weighted by atomic mass is 16.5. The third kappa shape index (κ3) is 3.18. The molecule has 0 fully saturated rings. The number of carbonyl (C=O) groups is 1. The number of aromatic nitrogens is 3. The van der Waals surface area contributed by atoms with Gasteiger partial charge in [0.1, 0.15) is 11.3 Å². The maximum absolute atomic E-state index is 12.9. The fourth-order valence-corrected chi connectivity index (χ4v) is 3.34. The Morgan fingerprint density at radius 1 is 1.23 bits per heavy atom. The number of nitrogens with zero attached hydrogens (tertiary/aromatic N) is 3. The molecule has 0 unspecified atom stereocenters. The van der Waals surface area contributed by atoms with Crippen molar-refractivity contribution in [2.24, 2.45) is 7.05 Å². The molecule has 132 valence electrons. The van der Waals surface area contributed by atoms with Crippen LogP contribution in [-0.4, -0.2) is 20.7 Å². The van der Waals surface area contributed by atoms with Crippen LogP contribution in [0.4, 0.5) is 0 Å². The van der Waals surface area contributed by atoms with Gasteiger partial charge in [-0.05, 0) is 43.5 Å². The summed E-state index contributed by atoms with van der Waals surface area (Å²) in [5.74, 6) is 0.761. The number of pyridine rings is 1. The van der Waals surface area contributed by atoms with Crippen molar-refractivity contribution in [2.45, 2.75) is 25.3 Å². The summed E-state index contributed by atoms with van der Waals surface area (Å²) < 4.78 is 7.70. The summed E-state index contributed by atoms with van der Waals surface area (Å²) in [5, 5.41) is 7.45. The predicted molar refractivity (Wildman–Crippen MR) is 97.1 cm³/mol. The average molecular weight is 348 g/mol. The van der Waals surface area contributed by atoms with E-state index >= 15 is 0 Å². The summed E-state index contributed by atoms with van der Waals surface area (Å²) in [6, 6.07) is 12.8. The zero-order chi connectivity index (χ0) is 17.9. The summed E-state index contributed by atoms with van der Waals surface area (Å²) >= 11 is 0. The molecule has 1 amide bonds. The number of benzene rings is 1. The predicted octanol–water partition coefficient (Wildman–Crippen LogP) is 3.41.